The summed E-state index contributed by atoms with van der Waals surface area (Å²) >= 11 is 0. The van der Waals surface area contributed by atoms with Gasteiger partial charge in [-0.2, -0.15) is 0 Å². The zero-order chi connectivity index (χ0) is 13.4. The molecule has 1 aliphatic rings. The first-order valence-corrected chi connectivity index (χ1v) is 7.07. The number of anilines is 2. The molecule has 0 amide bonds. The molecule has 1 saturated heterocycles. The highest BCUT2D eigenvalue weighted by Gasteiger charge is 2.25. The van der Waals surface area contributed by atoms with E-state index < -0.39 is 0 Å². The second-order valence-electron chi connectivity index (χ2n) is 5.66. The molecule has 0 spiro atoms. The normalized spacial score (nSPS) is 23.8. The highest BCUT2D eigenvalue weighted by Crippen LogP contribution is 2.33. The first kappa shape index (κ1) is 12.3. The summed E-state index contributed by atoms with van der Waals surface area (Å²) in [5.41, 5.74) is 8.91. The Morgan fingerprint density at radius 3 is 2.95 bits per heavy atom. The molecule has 0 saturated carbocycles. The zero-order valence-electron chi connectivity index (χ0n) is 11.6. The number of nitrogens with two attached hydrogens (primary N) is 1. The summed E-state index contributed by atoms with van der Waals surface area (Å²) in [4.78, 5) is 6.96. The van der Waals surface area contributed by atoms with Crippen molar-refractivity contribution >= 4 is 22.3 Å². The first-order chi connectivity index (χ1) is 9.16. The summed E-state index contributed by atoms with van der Waals surface area (Å²) in [5, 5.41) is 1.21. The van der Waals surface area contributed by atoms with Gasteiger partial charge in [0.1, 0.15) is 0 Å². The van der Waals surface area contributed by atoms with Gasteiger partial charge in [0.05, 0.1) is 5.52 Å². The summed E-state index contributed by atoms with van der Waals surface area (Å²) in [6.07, 6.45) is 4.49. The van der Waals surface area contributed by atoms with Crippen molar-refractivity contribution in [3.8, 4) is 0 Å². The fourth-order valence-corrected chi connectivity index (χ4v) is 3.08. The van der Waals surface area contributed by atoms with Crippen LogP contribution >= 0.6 is 0 Å². The van der Waals surface area contributed by atoms with Gasteiger partial charge >= 0.3 is 0 Å². The number of piperidine rings is 1. The van der Waals surface area contributed by atoms with E-state index in [9.17, 15) is 0 Å². The number of nitrogen functional groups attached to an aromatic ring is 1. The van der Waals surface area contributed by atoms with Crippen molar-refractivity contribution in [2.45, 2.75) is 32.7 Å². The fraction of sp³-hybridized carbons (Fsp3) is 0.438. The Bertz CT molecular complexity index is 594. The van der Waals surface area contributed by atoms with Gasteiger partial charge in [0.25, 0.3) is 0 Å². The minimum absolute atomic E-state index is 0.580. The van der Waals surface area contributed by atoms with Gasteiger partial charge in [0, 0.05) is 35.5 Å². The predicted molar refractivity (Wildman–Crippen MR) is 81.4 cm³/mol. The van der Waals surface area contributed by atoms with Crippen LogP contribution in [0.25, 0.3) is 10.9 Å². The standard InChI is InChI=1S/C16H21N3/c1-11-4-3-9-19(12(11)2)16-7-8-18-15-10-13(17)5-6-14(15)16/h5-8,10-12H,3-4,9,17H2,1-2H3. The number of aromatic nitrogens is 1. The SMILES string of the molecule is CC1CCCN(c2ccnc3cc(N)ccc23)C1C. The van der Waals surface area contributed by atoms with E-state index in [1.165, 1.54) is 23.9 Å². The van der Waals surface area contributed by atoms with Crippen LogP contribution in [0.2, 0.25) is 0 Å². The average Bonchev–Trinajstić information content (AvgIpc) is 2.41. The molecule has 3 nitrogen and oxygen atoms in total. The average molecular weight is 255 g/mol. The molecule has 2 atom stereocenters. The molecule has 0 aliphatic carbocycles. The molecule has 3 rings (SSSR count). The molecule has 1 aliphatic heterocycles. The molecule has 2 aromatic rings. The van der Waals surface area contributed by atoms with Crippen LogP contribution in [0.15, 0.2) is 30.5 Å². The van der Waals surface area contributed by atoms with E-state index in [1.54, 1.807) is 0 Å². The zero-order valence-corrected chi connectivity index (χ0v) is 11.6. The second kappa shape index (κ2) is 4.72. The summed E-state index contributed by atoms with van der Waals surface area (Å²) < 4.78 is 0. The Labute approximate surface area is 114 Å². The first-order valence-electron chi connectivity index (χ1n) is 7.07. The lowest BCUT2D eigenvalue weighted by Crippen LogP contribution is -2.42. The van der Waals surface area contributed by atoms with Gasteiger partial charge in [-0.25, -0.2) is 0 Å². The van der Waals surface area contributed by atoms with E-state index in [2.05, 4.69) is 35.9 Å². The van der Waals surface area contributed by atoms with E-state index in [1.807, 2.05) is 18.3 Å². The van der Waals surface area contributed by atoms with E-state index in [0.717, 1.165) is 23.7 Å². The Kier molecular flexibility index (Phi) is 3.05. The molecule has 100 valence electrons. The van der Waals surface area contributed by atoms with Crippen molar-refractivity contribution in [2.24, 2.45) is 5.92 Å². The molecular formula is C16H21N3. The topological polar surface area (TPSA) is 42.2 Å². The largest absolute Gasteiger partial charge is 0.399 e. The molecule has 1 fully saturated rings. The maximum absolute atomic E-state index is 5.85. The maximum Gasteiger partial charge on any atom is 0.0743 e. The van der Waals surface area contributed by atoms with Crippen molar-refractivity contribution in [1.29, 1.82) is 0 Å². The van der Waals surface area contributed by atoms with Gasteiger partial charge in [0.2, 0.25) is 0 Å². The molecule has 19 heavy (non-hydrogen) atoms. The lowest BCUT2D eigenvalue weighted by Gasteiger charge is -2.40. The Balaban J connectivity index is 2.09. The minimum Gasteiger partial charge on any atom is -0.399 e. The Morgan fingerprint density at radius 1 is 1.26 bits per heavy atom. The summed E-state index contributed by atoms with van der Waals surface area (Å²) in [5.74, 6) is 0.741. The van der Waals surface area contributed by atoms with Crippen molar-refractivity contribution in [3.05, 3.63) is 30.5 Å². The van der Waals surface area contributed by atoms with Gasteiger partial charge in [-0.05, 0) is 49.9 Å². The van der Waals surface area contributed by atoms with Crippen LogP contribution in [0.1, 0.15) is 26.7 Å². The number of rotatable bonds is 1. The van der Waals surface area contributed by atoms with Gasteiger partial charge in [-0.1, -0.05) is 6.92 Å². The lowest BCUT2D eigenvalue weighted by atomic mass is 9.91. The smallest absolute Gasteiger partial charge is 0.0743 e. The number of nitrogens with zero attached hydrogens (tertiary/aromatic N) is 2. The number of benzene rings is 1. The third kappa shape index (κ3) is 2.14. The molecule has 1 aromatic carbocycles. The fourth-order valence-electron chi connectivity index (χ4n) is 3.08. The van der Waals surface area contributed by atoms with Crippen LogP contribution in [0.3, 0.4) is 0 Å². The number of hydrogen-bond donors (Lipinski definition) is 1. The van der Waals surface area contributed by atoms with E-state index in [-0.39, 0.29) is 0 Å². The molecule has 2 unspecified atom stereocenters. The van der Waals surface area contributed by atoms with E-state index >= 15 is 0 Å². The summed E-state index contributed by atoms with van der Waals surface area (Å²) in [6, 6.07) is 8.73. The van der Waals surface area contributed by atoms with Crippen molar-refractivity contribution in [1.82, 2.24) is 4.98 Å². The maximum atomic E-state index is 5.85. The lowest BCUT2D eigenvalue weighted by molar-refractivity contribution is 0.364. The minimum atomic E-state index is 0.580. The number of pyridine rings is 1. The molecule has 0 bridgehead atoms. The third-order valence-corrected chi connectivity index (χ3v) is 4.43. The predicted octanol–water partition coefficient (Wildman–Crippen LogP) is 3.44. The number of hydrogen-bond acceptors (Lipinski definition) is 3. The van der Waals surface area contributed by atoms with Crippen molar-refractivity contribution in [2.75, 3.05) is 17.2 Å². The van der Waals surface area contributed by atoms with Crippen LogP contribution in [-0.2, 0) is 0 Å². The Morgan fingerprint density at radius 2 is 2.11 bits per heavy atom. The van der Waals surface area contributed by atoms with Crippen LogP contribution < -0.4 is 10.6 Å². The summed E-state index contributed by atoms with van der Waals surface area (Å²) in [7, 11) is 0. The highest BCUT2D eigenvalue weighted by atomic mass is 15.2. The van der Waals surface area contributed by atoms with Crippen LogP contribution in [0, 0.1) is 5.92 Å². The molecule has 2 heterocycles. The molecule has 0 radical (unpaired) electrons. The Hall–Kier alpha value is -1.77. The molecular weight excluding hydrogens is 234 g/mol. The van der Waals surface area contributed by atoms with E-state index in [4.69, 9.17) is 5.73 Å². The molecule has 3 heteroatoms. The van der Waals surface area contributed by atoms with Gasteiger partial charge in [0.15, 0.2) is 0 Å². The van der Waals surface area contributed by atoms with Gasteiger partial charge in [-0.3, -0.25) is 4.98 Å². The highest BCUT2D eigenvalue weighted by molar-refractivity contribution is 5.93. The second-order valence-corrected chi connectivity index (χ2v) is 5.66. The molecule has 2 N–H and O–H groups in total. The van der Waals surface area contributed by atoms with Crippen molar-refractivity contribution in [3.63, 3.8) is 0 Å². The van der Waals surface area contributed by atoms with Crippen LogP contribution in [0.4, 0.5) is 11.4 Å². The third-order valence-electron chi connectivity index (χ3n) is 4.43. The van der Waals surface area contributed by atoms with Crippen LogP contribution in [-0.4, -0.2) is 17.6 Å². The number of fused-ring (bicyclic) bond motifs is 1. The van der Waals surface area contributed by atoms with Crippen molar-refractivity contribution < 1.29 is 0 Å². The van der Waals surface area contributed by atoms with E-state index in [0.29, 0.717) is 6.04 Å². The monoisotopic (exact) mass is 255 g/mol. The van der Waals surface area contributed by atoms with Gasteiger partial charge < -0.3 is 10.6 Å². The van der Waals surface area contributed by atoms with Crippen LogP contribution in [0.5, 0.6) is 0 Å². The molecule has 1 aromatic heterocycles. The summed E-state index contributed by atoms with van der Waals surface area (Å²) in [6.45, 7) is 5.81. The van der Waals surface area contributed by atoms with Gasteiger partial charge in [-0.15, -0.1) is 0 Å². The quantitative estimate of drug-likeness (QED) is 0.794.